The van der Waals surface area contributed by atoms with Gasteiger partial charge in [0.1, 0.15) is 0 Å². The summed E-state index contributed by atoms with van der Waals surface area (Å²) in [5.74, 6) is 0. The molecule has 2 nitrogen and oxygen atoms in total. The SMILES string of the molecule is CCCCCCCOCc1ccc(N)cc1Br. The van der Waals surface area contributed by atoms with Crippen LogP contribution in [-0.4, -0.2) is 6.61 Å². The summed E-state index contributed by atoms with van der Waals surface area (Å²) in [6.07, 6.45) is 6.39. The van der Waals surface area contributed by atoms with Crippen molar-refractivity contribution in [1.29, 1.82) is 0 Å². The standard InChI is InChI=1S/C14H22BrNO/c1-2-3-4-5-6-9-17-11-12-7-8-13(16)10-14(12)15/h7-8,10H,2-6,9,11,16H2,1H3. The third-order valence-electron chi connectivity index (χ3n) is 2.73. The molecule has 0 heterocycles. The molecule has 0 saturated heterocycles. The Labute approximate surface area is 113 Å². The minimum atomic E-state index is 0.661. The fourth-order valence-electron chi connectivity index (χ4n) is 1.67. The minimum absolute atomic E-state index is 0.661. The van der Waals surface area contributed by atoms with E-state index in [1.807, 2.05) is 18.2 Å². The Kier molecular flexibility index (Phi) is 7.29. The Hall–Kier alpha value is -0.540. The Morgan fingerprint density at radius 1 is 1.18 bits per heavy atom. The molecule has 0 atom stereocenters. The highest BCUT2D eigenvalue weighted by Crippen LogP contribution is 2.20. The molecule has 0 fully saturated rings. The van der Waals surface area contributed by atoms with Crippen LogP contribution in [0.5, 0.6) is 0 Å². The van der Waals surface area contributed by atoms with Gasteiger partial charge in [-0.1, -0.05) is 54.6 Å². The summed E-state index contributed by atoms with van der Waals surface area (Å²) in [6, 6.07) is 5.83. The molecule has 2 N–H and O–H groups in total. The summed E-state index contributed by atoms with van der Waals surface area (Å²) < 4.78 is 6.68. The number of ether oxygens (including phenoxy) is 1. The van der Waals surface area contributed by atoms with E-state index >= 15 is 0 Å². The zero-order chi connectivity index (χ0) is 12.5. The van der Waals surface area contributed by atoms with Crippen molar-refractivity contribution in [2.75, 3.05) is 12.3 Å². The first-order chi connectivity index (χ1) is 8.24. The van der Waals surface area contributed by atoms with Crippen molar-refractivity contribution in [2.24, 2.45) is 0 Å². The van der Waals surface area contributed by atoms with Gasteiger partial charge >= 0.3 is 0 Å². The number of unbranched alkanes of at least 4 members (excludes halogenated alkanes) is 4. The average molecular weight is 300 g/mol. The number of hydrogen-bond donors (Lipinski definition) is 1. The van der Waals surface area contributed by atoms with E-state index in [0.29, 0.717) is 6.61 Å². The second-order valence-corrected chi connectivity index (χ2v) is 5.17. The van der Waals surface area contributed by atoms with Crippen LogP contribution in [-0.2, 0) is 11.3 Å². The third-order valence-corrected chi connectivity index (χ3v) is 3.47. The molecule has 96 valence electrons. The second-order valence-electron chi connectivity index (χ2n) is 4.32. The van der Waals surface area contributed by atoms with Gasteiger partial charge < -0.3 is 10.5 Å². The van der Waals surface area contributed by atoms with Gasteiger partial charge in [0, 0.05) is 16.8 Å². The maximum absolute atomic E-state index is 5.68. The van der Waals surface area contributed by atoms with Gasteiger partial charge in [-0.3, -0.25) is 0 Å². The number of hydrogen-bond acceptors (Lipinski definition) is 2. The molecular weight excluding hydrogens is 278 g/mol. The van der Waals surface area contributed by atoms with Crippen LogP contribution in [0.1, 0.15) is 44.6 Å². The van der Waals surface area contributed by atoms with Gasteiger partial charge in [0.05, 0.1) is 6.61 Å². The van der Waals surface area contributed by atoms with E-state index < -0.39 is 0 Å². The van der Waals surface area contributed by atoms with E-state index in [2.05, 4.69) is 22.9 Å². The molecule has 0 aromatic heterocycles. The highest BCUT2D eigenvalue weighted by Gasteiger charge is 2.00. The Bertz CT molecular complexity index is 328. The van der Waals surface area contributed by atoms with Gasteiger partial charge in [-0.15, -0.1) is 0 Å². The summed E-state index contributed by atoms with van der Waals surface area (Å²) in [5.41, 5.74) is 7.62. The molecule has 0 bridgehead atoms. The number of nitrogens with two attached hydrogens (primary N) is 1. The van der Waals surface area contributed by atoms with Crippen LogP contribution in [0.3, 0.4) is 0 Å². The van der Waals surface area contributed by atoms with E-state index in [0.717, 1.165) is 28.8 Å². The van der Waals surface area contributed by atoms with Crippen LogP contribution in [0.2, 0.25) is 0 Å². The lowest BCUT2D eigenvalue weighted by atomic mass is 10.2. The Morgan fingerprint density at radius 3 is 2.65 bits per heavy atom. The molecule has 0 aliphatic carbocycles. The predicted molar refractivity (Wildman–Crippen MR) is 77.0 cm³/mol. The van der Waals surface area contributed by atoms with Gasteiger partial charge in [-0.05, 0) is 24.1 Å². The van der Waals surface area contributed by atoms with Crippen LogP contribution >= 0.6 is 15.9 Å². The van der Waals surface area contributed by atoms with Crippen molar-refractivity contribution in [1.82, 2.24) is 0 Å². The molecule has 3 heteroatoms. The zero-order valence-electron chi connectivity index (χ0n) is 10.5. The van der Waals surface area contributed by atoms with E-state index in [4.69, 9.17) is 10.5 Å². The van der Waals surface area contributed by atoms with Crippen molar-refractivity contribution in [2.45, 2.75) is 45.6 Å². The van der Waals surface area contributed by atoms with Gasteiger partial charge in [-0.2, -0.15) is 0 Å². The number of halogens is 1. The molecule has 0 radical (unpaired) electrons. The summed E-state index contributed by atoms with van der Waals surface area (Å²) >= 11 is 3.49. The van der Waals surface area contributed by atoms with E-state index in [-0.39, 0.29) is 0 Å². The first kappa shape index (κ1) is 14.5. The molecule has 0 aliphatic heterocycles. The Morgan fingerprint density at radius 2 is 1.94 bits per heavy atom. The molecule has 0 unspecified atom stereocenters. The zero-order valence-corrected chi connectivity index (χ0v) is 12.1. The number of benzene rings is 1. The minimum Gasteiger partial charge on any atom is -0.399 e. The lowest BCUT2D eigenvalue weighted by Gasteiger charge is -2.07. The second kappa shape index (κ2) is 8.54. The monoisotopic (exact) mass is 299 g/mol. The van der Waals surface area contributed by atoms with Gasteiger partial charge in [-0.25, -0.2) is 0 Å². The van der Waals surface area contributed by atoms with E-state index in [9.17, 15) is 0 Å². The fourth-order valence-corrected chi connectivity index (χ4v) is 2.18. The molecule has 1 aromatic carbocycles. The maximum Gasteiger partial charge on any atom is 0.0727 e. The predicted octanol–water partition coefficient (Wildman–Crippen LogP) is 4.52. The summed E-state index contributed by atoms with van der Waals surface area (Å²) in [7, 11) is 0. The first-order valence-electron chi connectivity index (χ1n) is 6.35. The van der Waals surface area contributed by atoms with Crippen molar-refractivity contribution in [3.8, 4) is 0 Å². The van der Waals surface area contributed by atoms with Crippen molar-refractivity contribution in [3.05, 3.63) is 28.2 Å². The van der Waals surface area contributed by atoms with Gasteiger partial charge in [0.2, 0.25) is 0 Å². The molecule has 1 rings (SSSR count). The van der Waals surface area contributed by atoms with Crippen LogP contribution in [0, 0.1) is 0 Å². The third kappa shape index (κ3) is 6.08. The largest absolute Gasteiger partial charge is 0.399 e. The van der Waals surface area contributed by atoms with Gasteiger partial charge in [0.25, 0.3) is 0 Å². The van der Waals surface area contributed by atoms with E-state index in [1.165, 1.54) is 25.7 Å². The first-order valence-corrected chi connectivity index (χ1v) is 7.15. The molecular formula is C14H22BrNO. The lowest BCUT2D eigenvalue weighted by Crippen LogP contribution is -1.97. The molecule has 1 aromatic rings. The number of rotatable bonds is 8. The average Bonchev–Trinajstić information content (AvgIpc) is 2.30. The molecule has 0 aliphatic rings. The summed E-state index contributed by atoms with van der Waals surface area (Å²) in [4.78, 5) is 0. The van der Waals surface area contributed by atoms with Gasteiger partial charge in [0.15, 0.2) is 0 Å². The van der Waals surface area contributed by atoms with Crippen LogP contribution < -0.4 is 5.73 Å². The fraction of sp³-hybridized carbons (Fsp3) is 0.571. The highest BCUT2D eigenvalue weighted by atomic mass is 79.9. The lowest BCUT2D eigenvalue weighted by molar-refractivity contribution is 0.116. The Balaban J connectivity index is 2.14. The summed E-state index contributed by atoms with van der Waals surface area (Å²) in [6.45, 7) is 3.74. The molecule has 0 amide bonds. The molecule has 0 saturated carbocycles. The molecule has 17 heavy (non-hydrogen) atoms. The van der Waals surface area contributed by atoms with Crippen LogP contribution in [0.4, 0.5) is 5.69 Å². The van der Waals surface area contributed by atoms with Crippen LogP contribution in [0.15, 0.2) is 22.7 Å². The smallest absolute Gasteiger partial charge is 0.0727 e. The number of nitrogen functional groups attached to an aromatic ring is 1. The van der Waals surface area contributed by atoms with Crippen LogP contribution in [0.25, 0.3) is 0 Å². The summed E-state index contributed by atoms with van der Waals surface area (Å²) in [5, 5.41) is 0. The molecule has 0 spiro atoms. The van der Waals surface area contributed by atoms with E-state index in [1.54, 1.807) is 0 Å². The number of anilines is 1. The normalized spacial score (nSPS) is 10.7. The van der Waals surface area contributed by atoms with Crippen molar-refractivity contribution in [3.63, 3.8) is 0 Å². The topological polar surface area (TPSA) is 35.2 Å². The maximum atomic E-state index is 5.68. The van der Waals surface area contributed by atoms with Crippen molar-refractivity contribution >= 4 is 21.6 Å². The highest BCUT2D eigenvalue weighted by molar-refractivity contribution is 9.10. The quantitative estimate of drug-likeness (QED) is 0.566. The van der Waals surface area contributed by atoms with Crippen molar-refractivity contribution < 1.29 is 4.74 Å².